The van der Waals surface area contributed by atoms with Crippen LogP contribution in [0.1, 0.15) is 31.4 Å². The number of rotatable bonds is 8. The van der Waals surface area contributed by atoms with Crippen molar-refractivity contribution in [2.75, 3.05) is 10.2 Å². The number of carbonyl (C=O) groups is 2. The minimum Gasteiger partial charge on any atom is -0.343 e. The van der Waals surface area contributed by atoms with Crippen LogP contribution in [-0.2, 0) is 22.6 Å². The fraction of sp³-hybridized carbons (Fsp3) is 0.276. The minimum absolute atomic E-state index is 0.0747. The number of carbonyl (C=O) groups excluding carboxylic acids is 2. The van der Waals surface area contributed by atoms with Crippen LogP contribution in [0.15, 0.2) is 66.7 Å². The SMILES string of the molecule is CC(C)C(N)C(=O)N[C@@H]1CCc2cc(F)ccc2N(Cc2ccc(-c3ccccc3Nc3nn[nH]n3)cc2)C1=O. The molecule has 0 radical (unpaired) electrons. The Bertz CT molecular complexity index is 1490. The van der Waals surface area contributed by atoms with Crippen LogP contribution in [0.3, 0.4) is 0 Å². The summed E-state index contributed by atoms with van der Waals surface area (Å²) in [5, 5.41) is 19.9. The highest BCUT2D eigenvalue weighted by atomic mass is 19.1. The van der Waals surface area contributed by atoms with Gasteiger partial charge in [-0.15, -0.1) is 5.10 Å². The van der Waals surface area contributed by atoms with E-state index in [1.807, 2.05) is 62.4 Å². The number of anilines is 3. The molecule has 2 heterocycles. The van der Waals surface area contributed by atoms with Gasteiger partial charge in [0.1, 0.15) is 11.9 Å². The Kier molecular flexibility index (Phi) is 7.83. The Labute approximate surface area is 231 Å². The number of para-hydroxylation sites is 1. The predicted molar refractivity (Wildman–Crippen MR) is 150 cm³/mol. The summed E-state index contributed by atoms with van der Waals surface area (Å²) in [6.07, 6.45) is 0.797. The smallest absolute Gasteiger partial charge is 0.267 e. The topological polar surface area (TPSA) is 142 Å². The third-order valence-electron chi connectivity index (χ3n) is 7.06. The van der Waals surface area contributed by atoms with E-state index in [4.69, 9.17) is 5.73 Å². The Hall–Kier alpha value is -4.64. The molecule has 2 amide bonds. The van der Waals surface area contributed by atoms with E-state index in [1.165, 1.54) is 12.1 Å². The van der Waals surface area contributed by atoms with Crippen LogP contribution in [0.2, 0.25) is 0 Å². The van der Waals surface area contributed by atoms with Gasteiger partial charge >= 0.3 is 0 Å². The van der Waals surface area contributed by atoms with Gasteiger partial charge < -0.3 is 21.3 Å². The second-order valence-corrected chi connectivity index (χ2v) is 10.2. The number of tetrazole rings is 1. The van der Waals surface area contributed by atoms with Crippen molar-refractivity contribution in [1.29, 1.82) is 0 Å². The van der Waals surface area contributed by atoms with Gasteiger partial charge in [0.25, 0.3) is 5.95 Å². The maximum Gasteiger partial charge on any atom is 0.267 e. The molecule has 4 aromatic rings. The number of nitrogens with one attached hydrogen (secondary N) is 3. The summed E-state index contributed by atoms with van der Waals surface area (Å²) in [6.45, 7) is 3.96. The highest BCUT2D eigenvalue weighted by molar-refractivity contribution is 6.01. The Morgan fingerprint density at radius 2 is 1.93 bits per heavy atom. The van der Waals surface area contributed by atoms with Crippen LogP contribution in [0, 0.1) is 11.7 Å². The lowest BCUT2D eigenvalue weighted by Crippen LogP contribution is -2.53. The number of halogens is 1. The molecule has 0 fully saturated rings. The normalized spacial score (nSPS) is 15.9. The van der Waals surface area contributed by atoms with E-state index in [0.717, 1.165) is 27.9 Å². The van der Waals surface area contributed by atoms with Crippen LogP contribution in [-0.4, -0.2) is 44.5 Å². The van der Waals surface area contributed by atoms with Crippen molar-refractivity contribution >= 4 is 29.1 Å². The monoisotopic (exact) mass is 542 g/mol. The molecule has 5 rings (SSSR count). The first-order valence-corrected chi connectivity index (χ1v) is 13.1. The molecular weight excluding hydrogens is 511 g/mol. The van der Waals surface area contributed by atoms with E-state index in [0.29, 0.717) is 24.5 Å². The summed E-state index contributed by atoms with van der Waals surface area (Å²) < 4.78 is 14.1. The zero-order chi connectivity index (χ0) is 28.2. The number of nitrogens with two attached hydrogens (primary N) is 1. The molecule has 0 bridgehead atoms. The molecule has 1 aromatic heterocycles. The molecule has 0 aliphatic carbocycles. The quantitative estimate of drug-likeness (QED) is 0.266. The van der Waals surface area contributed by atoms with Gasteiger partial charge in [-0.2, -0.15) is 5.21 Å². The highest BCUT2D eigenvalue weighted by Crippen LogP contribution is 2.32. The van der Waals surface area contributed by atoms with Gasteiger partial charge in [0.05, 0.1) is 12.6 Å². The number of nitrogens with zero attached hydrogens (tertiary/aromatic N) is 4. The van der Waals surface area contributed by atoms with Crippen molar-refractivity contribution in [3.8, 4) is 11.1 Å². The fourth-order valence-corrected chi connectivity index (χ4v) is 4.77. The first kappa shape index (κ1) is 26.9. The van der Waals surface area contributed by atoms with Crippen LogP contribution in [0.5, 0.6) is 0 Å². The zero-order valence-corrected chi connectivity index (χ0v) is 22.3. The number of amides is 2. The third kappa shape index (κ3) is 5.84. The molecule has 0 saturated heterocycles. The number of aromatic amines is 1. The molecule has 0 spiro atoms. The van der Waals surface area contributed by atoms with Crippen molar-refractivity contribution in [2.24, 2.45) is 11.7 Å². The van der Waals surface area contributed by atoms with Gasteiger partial charge in [-0.05, 0) is 64.9 Å². The van der Waals surface area contributed by atoms with E-state index < -0.39 is 12.1 Å². The molecular formula is C29H31FN8O2. The maximum absolute atomic E-state index is 14.1. The van der Waals surface area contributed by atoms with Gasteiger partial charge in [-0.25, -0.2) is 4.39 Å². The standard InChI is InChI=1S/C29H31FN8O2/c1-17(2)26(31)27(39)32-24-13-11-20-15-21(30)12-14-25(20)38(28(24)40)16-18-7-9-19(10-8-18)22-5-3-4-6-23(22)33-29-34-36-37-35-29/h3-10,12,14-15,17,24,26H,11,13,16,31H2,1-2H3,(H,32,39)(H2,33,34,35,36,37)/t24-,26?/m1/s1. The molecule has 1 unspecified atom stereocenters. The molecule has 206 valence electrons. The summed E-state index contributed by atoms with van der Waals surface area (Å²) in [6, 6.07) is 18.5. The number of fused-ring (bicyclic) bond motifs is 1. The van der Waals surface area contributed by atoms with Gasteiger partial charge in [-0.1, -0.05) is 61.4 Å². The van der Waals surface area contributed by atoms with E-state index in [-0.39, 0.29) is 30.1 Å². The molecule has 1 aliphatic heterocycles. The van der Waals surface area contributed by atoms with Gasteiger partial charge in [0.2, 0.25) is 11.8 Å². The highest BCUT2D eigenvalue weighted by Gasteiger charge is 2.33. The molecule has 10 nitrogen and oxygen atoms in total. The summed E-state index contributed by atoms with van der Waals surface area (Å²) in [4.78, 5) is 28.1. The fourth-order valence-electron chi connectivity index (χ4n) is 4.77. The minimum atomic E-state index is -0.768. The van der Waals surface area contributed by atoms with Crippen LogP contribution in [0.25, 0.3) is 11.1 Å². The largest absolute Gasteiger partial charge is 0.343 e. The predicted octanol–water partition coefficient (Wildman–Crippen LogP) is 3.70. The molecule has 2 atom stereocenters. The second-order valence-electron chi connectivity index (χ2n) is 10.2. The number of benzene rings is 3. The van der Waals surface area contributed by atoms with Crippen molar-refractivity contribution in [3.63, 3.8) is 0 Å². The molecule has 11 heteroatoms. The number of aryl methyl sites for hydroxylation is 1. The van der Waals surface area contributed by atoms with Crippen LogP contribution < -0.4 is 21.3 Å². The molecule has 0 saturated carbocycles. The van der Waals surface area contributed by atoms with Crippen molar-refractivity contribution in [2.45, 2.75) is 45.3 Å². The van der Waals surface area contributed by atoms with Gasteiger partial charge in [0.15, 0.2) is 0 Å². The zero-order valence-electron chi connectivity index (χ0n) is 22.3. The second kappa shape index (κ2) is 11.6. The summed E-state index contributed by atoms with van der Waals surface area (Å²) in [5.74, 6) is -0.714. The average Bonchev–Trinajstić information content (AvgIpc) is 3.43. The molecule has 1 aliphatic rings. The lowest BCUT2D eigenvalue weighted by molar-refractivity contribution is -0.129. The number of hydrogen-bond acceptors (Lipinski definition) is 7. The van der Waals surface area contributed by atoms with E-state index in [9.17, 15) is 14.0 Å². The first-order chi connectivity index (χ1) is 19.3. The van der Waals surface area contributed by atoms with Crippen molar-refractivity contribution in [1.82, 2.24) is 25.9 Å². The Balaban J connectivity index is 1.40. The van der Waals surface area contributed by atoms with Crippen molar-refractivity contribution in [3.05, 3.63) is 83.7 Å². The van der Waals surface area contributed by atoms with Crippen molar-refractivity contribution < 1.29 is 14.0 Å². The lowest BCUT2D eigenvalue weighted by Gasteiger charge is -2.27. The number of H-pyrrole nitrogens is 1. The van der Waals surface area contributed by atoms with Crippen LogP contribution >= 0.6 is 0 Å². The Morgan fingerprint density at radius 1 is 1.15 bits per heavy atom. The maximum atomic E-state index is 14.1. The lowest BCUT2D eigenvalue weighted by atomic mass is 10.0. The average molecular weight is 543 g/mol. The van der Waals surface area contributed by atoms with Crippen LogP contribution in [0.4, 0.5) is 21.7 Å². The van der Waals surface area contributed by atoms with E-state index in [2.05, 4.69) is 31.3 Å². The third-order valence-corrected chi connectivity index (χ3v) is 7.06. The van der Waals surface area contributed by atoms with E-state index >= 15 is 0 Å². The molecule has 40 heavy (non-hydrogen) atoms. The number of aromatic nitrogens is 4. The number of hydrogen-bond donors (Lipinski definition) is 4. The van der Waals surface area contributed by atoms with Gasteiger partial charge in [-0.3, -0.25) is 9.59 Å². The molecule has 3 aromatic carbocycles. The summed E-state index contributed by atoms with van der Waals surface area (Å²) in [7, 11) is 0. The van der Waals surface area contributed by atoms with E-state index in [1.54, 1.807) is 11.0 Å². The first-order valence-electron chi connectivity index (χ1n) is 13.1. The van der Waals surface area contributed by atoms with Gasteiger partial charge in [0, 0.05) is 16.9 Å². The summed E-state index contributed by atoms with van der Waals surface area (Å²) >= 11 is 0. The summed E-state index contributed by atoms with van der Waals surface area (Å²) in [5.41, 5.74) is 11.0. The molecule has 5 N–H and O–H groups in total. The Morgan fingerprint density at radius 3 is 2.65 bits per heavy atom.